The Kier molecular flexibility index (Phi) is 2.95. The minimum atomic E-state index is -0.389. The summed E-state index contributed by atoms with van der Waals surface area (Å²) in [5, 5.41) is 0. The van der Waals surface area contributed by atoms with Crippen molar-refractivity contribution in [3.05, 3.63) is 63.8 Å². The lowest BCUT2D eigenvalue weighted by molar-refractivity contribution is 0.623. The third kappa shape index (κ3) is 2.72. The summed E-state index contributed by atoms with van der Waals surface area (Å²) in [6.45, 7) is 2.17. The number of rotatable bonds is 2. The summed E-state index contributed by atoms with van der Waals surface area (Å²) in [6, 6.07) is 7.67. The molecule has 0 aliphatic heterocycles. The Balaban J connectivity index is 2.34. The van der Waals surface area contributed by atoms with Crippen LogP contribution in [0.2, 0.25) is 0 Å². The van der Waals surface area contributed by atoms with Crippen LogP contribution in [0.1, 0.15) is 11.1 Å². The van der Waals surface area contributed by atoms with Crippen LogP contribution in [0.5, 0.6) is 0 Å². The van der Waals surface area contributed by atoms with Gasteiger partial charge in [-0.25, -0.2) is 4.39 Å². The van der Waals surface area contributed by atoms with E-state index in [0.29, 0.717) is 17.8 Å². The minimum Gasteiger partial charge on any atom is -0.399 e. The van der Waals surface area contributed by atoms with Gasteiger partial charge in [-0.3, -0.25) is 4.79 Å². The predicted octanol–water partition coefficient (Wildman–Crippen LogP) is 1.93. The summed E-state index contributed by atoms with van der Waals surface area (Å²) in [5.41, 5.74) is 7.39. The third-order valence-electron chi connectivity index (χ3n) is 2.48. The van der Waals surface area contributed by atoms with Crippen molar-refractivity contribution in [1.29, 1.82) is 0 Å². The number of nitrogens with two attached hydrogens (primary N) is 1. The van der Waals surface area contributed by atoms with Crippen molar-refractivity contribution in [3.63, 3.8) is 0 Å². The zero-order valence-electron chi connectivity index (χ0n) is 9.48. The van der Waals surface area contributed by atoms with Crippen molar-refractivity contribution >= 4 is 5.69 Å². The SMILES string of the molecule is Cc1ccn(Cc2cc(N)cc(F)c2)c(=O)c1. The molecular weight excluding hydrogens is 219 g/mol. The van der Waals surface area contributed by atoms with Gasteiger partial charge >= 0.3 is 0 Å². The Bertz CT molecular complexity index is 584. The van der Waals surface area contributed by atoms with Gasteiger partial charge in [-0.2, -0.15) is 0 Å². The van der Waals surface area contributed by atoms with Crippen LogP contribution in [0.25, 0.3) is 0 Å². The quantitative estimate of drug-likeness (QED) is 0.804. The van der Waals surface area contributed by atoms with Crippen molar-refractivity contribution in [2.75, 3.05) is 5.73 Å². The van der Waals surface area contributed by atoms with Crippen molar-refractivity contribution in [2.45, 2.75) is 13.5 Å². The van der Waals surface area contributed by atoms with Gasteiger partial charge in [-0.15, -0.1) is 0 Å². The van der Waals surface area contributed by atoms with E-state index in [1.807, 2.05) is 13.0 Å². The van der Waals surface area contributed by atoms with Gasteiger partial charge in [0.05, 0.1) is 6.54 Å². The first-order chi connectivity index (χ1) is 8.04. The third-order valence-corrected chi connectivity index (χ3v) is 2.48. The molecule has 1 aromatic carbocycles. The van der Waals surface area contributed by atoms with E-state index in [2.05, 4.69) is 0 Å². The molecule has 0 aliphatic rings. The smallest absolute Gasteiger partial charge is 0.251 e. The molecule has 17 heavy (non-hydrogen) atoms. The fraction of sp³-hybridized carbons (Fsp3) is 0.154. The van der Waals surface area contributed by atoms with E-state index in [1.165, 1.54) is 16.7 Å². The molecule has 0 bridgehead atoms. The van der Waals surface area contributed by atoms with Crippen LogP contribution in [0, 0.1) is 12.7 Å². The second-order valence-corrected chi connectivity index (χ2v) is 4.06. The molecule has 2 N–H and O–H groups in total. The number of aryl methyl sites for hydroxylation is 1. The van der Waals surface area contributed by atoms with Crippen LogP contribution in [-0.4, -0.2) is 4.57 Å². The first-order valence-corrected chi connectivity index (χ1v) is 5.26. The molecule has 1 aromatic heterocycles. The molecule has 0 saturated heterocycles. The van der Waals surface area contributed by atoms with Gasteiger partial charge in [0, 0.05) is 18.0 Å². The van der Waals surface area contributed by atoms with Gasteiger partial charge in [0.15, 0.2) is 0 Å². The summed E-state index contributed by atoms with van der Waals surface area (Å²) in [7, 11) is 0. The van der Waals surface area contributed by atoms with E-state index < -0.39 is 0 Å². The molecule has 0 atom stereocenters. The number of hydrogen-bond acceptors (Lipinski definition) is 2. The van der Waals surface area contributed by atoms with Gasteiger partial charge < -0.3 is 10.3 Å². The highest BCUT2D eigenvalue weighted by Crippen LogP contribution is 2.11. The molecule has 2 aromatic rings. The molecule has 3 nitrogen and oxygen atoms in total. The van der Waals surface area contributed by atoms with Gasteiger partial charge in [0.2, 0.25) is 0 Å². The molecule has 0 unspecified atom stereocenters. The lowest BCUT2D eigenvalue weighted by Gasteiger charge is -2.07. The largest absolute Gasteiger partial charge is 0.399 e. The van der Waals surface area contributed by atoms with Gasteiger partial charge in [-0.05, 0) is 42.3 Å². The van der Waals surface area contributed by atoms with Crippen molar-refractivity contribution in [3.8, 4) is 0 Å². The maximum absolute atomic E-state index is 13.1. The van der Waals surface area contributed by atoms with Gasteiger partial charge in [0.1, 0.15) is 5.82 Å². The van der Waals surface area contributed by atoms with Crippen LogP contribution in [0.4, 0.5) is 10.1 Å². The highest BCUT2D eigenvalue weighted by molar-refractivity contribution is 5.41. The molecule has 88 valence electrons. The Morgan fingerprint density at radius 2 is 2.06 bits per heavy atom. The maximum Gasteiger partial charge on any atom is 0.251 e. The van der Waals surface area contributed by atoms with Crippen LogP contribution in [0.3, 0.4) is 0 Å². The first kappa shape index (κ1) is 11.4. The summed E-state index contributed by atoms with van der Waals surface area (Å²) in [5.74, 6) is -0.389. The number of aromatic nitrogens is 1. The predicted molar refractivity (Wildman–Crippen MR) is 65.4 cm³/mol. The maximum atomic E-state index is 13.1. The first-order valence-electron chi connectivity index (χ1n) is 5.26. The van der Waals surface area contributed by atoms with E-state index >= 15 is 0 Å². The molecule has 0 fully saturated rings. The Labute approximate surface area is 98.3 Å². The van der Waals surface area contributed by atoms with E-state index in [-0.39, 0.29) is 11.4 Å². The van der Waals surface area contributed by atoms with Crippen molar-refractivity contribution in [1.82, 2.24) is 4.57 Å². The number of anilines is 1. The zero-order chi connectivity index (χ0) is 12.4. The highest BCUT2D eigenvalue weighted by atomic mass is 19.1. The van der Waals surface area contributed by atoms with E-state index in [0.717, 1.165) is 5.56 Å². The Morgan fingerprint density at radius 3 is 2.71 bits per heavy atom. The number of pyridine rings is 1. The number of nitrogen functional groups attached to an aromatic ring is 1. The average Bonchev–Trinajstić information content (AvgIpc) is 2.21. The number of halogens is 1. The summed E-state index contributed by atoms with van der Waals surface area (Å²) in [6.07, 6.45) is 1.69. The zero-order valence-corrected chi connectivity index (χ0v) is 9.48. The summed E-state index contributed by atoms with van der Waals surface area (Å²) in [4.78, 5) is 11.7. The van der Waals surface area contributed by atoms with Crippen LogP contribution in [-0.2, 0) is 6.54 Å². The van der Waals surface area contributed by atoms with Crippen LogP contribution in [0.15, 0.2) is 41.3 Å². The summed E-state index contributed by atoms with van der Waals surface area (Å²) < 4.78 is 14.6. The number of nitrogens with zero attached hydrogens (tertiary/aromatic N) is 1. The van der Waals surface area contributed by atoms with E-state index in [9.17, 15) is 9.18 Å². The van der Waals surface area contributed by atoms with Crippen molar-refractivity contribution in [2.24, 2.45) is 0 Å². The summed E-state index contributed by atoms with van der Waals surface area (Å²) >= 11 is 0. The van der Waals surface area contributed by atoms with E-state index in [1.54, 1.807) is 18.3 Å². The fourth-order valence-corrected chi connectivity index (χ4v) is 1.70. The molecule has 0 aliphatic carbocycles. The second-order valence-electron chi connectivity index (χ2n) is 4.06. The number of hydrogen-bond donors (Lipinski definition) is 1. The van der Waals surface area contributed by atoms with E-state index in [4.69, 9.17) is 5.73 Å². The van der Waals surface area contributed by atoms with Crippen molar-refractivity contribution < 1.29 is 4.39 Å². The highest BCUT2D eigenvalue weighted by Gasteiger charge is 2.01. The molecule has 0 saturated carbocycles. The van der Waals surface area contributed by atoms with Gasteiger partial charge in [-0.1, -0.05) is 0 Å². The molecule has 0 spiro atoms. The molecular formula is C13H13FN2O. The molecule has 0 amide bonds. The average molecular weight is 232 g/mol. The lowest BCUT2D eigenvalue weighted by Crippen LogP contribution is -2.19. The Morgan fingerprint density at radius 1 is 1.29 bits per heavy atom. The standard InChI is InChI=1S/C13H13FN2O/c1-9-2-3-16(13(17)4-9)8-10-5-11(14)7-12(15)6-10/h2-7H,8,15H2,1H3. The topological polar surface area (TPSA) is 48.0 Å². The minimum absolute atomic E-state index is 0.104. The molecule has 0 radical (unpaired) electrons. The molecule has 2 rings (SSSR count). The second kappa shape index (κ2) is 4.41. The fourth-order valence-electron chi connectivity index (χ4n) is 1.70. The Hall–Kier alpha value is -2.10. The van der Waals surface area contributed by atoms with Crippen LogP contribution < -0.4 is 11.3 Å². The molecule has 4 heteroatoms. The lowest BCUT2D eigenvalue weighted by atomic mass is 10.2. The van der Waals surface area contributed by atoms with Crippen LogP contribution >= 0.6 is 0 Å². The van der Waals surface area contributed by atoms with Gasteiger partial charge in [0.25, 0.3) is 5.56 Å². The monoisotopic (exact) mass is 232 g/mol. The number of benzene rings is 1. The molecule has 1 heterocycles. The normalized spacial score (nSPS) is 10.5.